The van der Waals surface area contributed by atoms with Crippen LogP contribution in [-0.2, 0) is 16.6 Å². The van der Waals surface area contributed by atoms with Gasteiger partial charge in [0.2, 0.25) is 0 Å². The van der Waals surface area contributed by atoms with Gasteiger partial charge in [-0.3, -0.25) is 19.3 Å². The number of carbonyl (C=O) groups excluding carboxylic acids is 1. The van der Waals surface area contributed by atoms with Crippen LogP contribution in [0.15, 0.2) is 63.2 Å². The lowest BCUT2D eigenvalue weighted by Crippen LogP contribution is -2.29. The smallest absolute Gasteiger partial charge is 0.276 e. The molecule has 2 N–H and O–H groups in total. The van der Waals surface area contributed by atoms with Gasteiger partial charge in [0.05, 0.1) is 10.3 Å². The van der Waals surface area contributed by atoms with Gasteiger partial charge < -0.3 is 5.32 Å². The summed E-state index contributed by atoms with van der Waals surface area (Å²) in [6.07, 6.45) is 2.13. The highest BCUT2D eigenvalue weighted by Gasteiger charge is 2.19. The third-order valence-corrected chi connectivity index (χ3v) is 6.46. The van der Waals surface area contributed by atoms with Gasteiger partial charge in [0.25, 0.3) is 21.5 Å². The molecule has 0 radical (unpaired) electrons. The lowest BCUT2D eigenvalue weighted by atomic mass is 10.1. The van der Waals surface area contributed by atoms with E-state index < -0.39 is 15.9 Å². The van der Waals surface area contributed by atoms with Crippen LogP contribution in [0.3, 0.4) is 0 Å². The molecule has 166 valence electrons. The van der Waals surface area contributed by atoms with E-state index in [1.807, 2.05) is 6.92 Å². The van der Waals surface area contributed by atoms with Gasteiger partial charge in [-0.2, -0.15) is 5.10 Å². The first kappa shape index (κ1) is 21.7. The summed E-state index contributed by atoms with van der Waals surface area (Å²) in [6, 6.07) is 12.7. The molecule has 0 spiro atoms. The van der Waals surface area contributed by atoms with Crippen molar-refractivity contribution >= 4 is 38.2 Å². The Balaban J connectivity index is 1.59. The Bertz CT molecular complexity index is 1360. The number of rotatable bonds is 6. The van der Waals surface area contributed by atoms with Crippen molar-refractivity contribution in [3.8, 4) is 0 Å². The molecule has 0 saturated heterocycles. The van der Waals surface area contributed by atoms with Crippen LogP contribution in [0.1, 0.15) is 36.7 Å². The van der Waals surface area contributed by atoms with Crippen LogP contribution >= 0.6 is 0 Å². The molecule has 32 heavy (non-hydrogen) atoms. The topological polar surface area (TPSA) is 123 Å². The Morgan fingerprint density at radius 3 is 2.47 bits per heavy atom. The predicted molar refractivity (Wildman–Crippen MR) is 123 cm³/mol. The third kappa shape index (κ3) is 4.40. The monoisotopic (exact) mass is 453 g/mol. The van der Waals surface area contributed by atoms with Crippen molar-refractivity contribution in [3.05, 3.63) is 64.6 Å². The first-order valence-electron chi connectivity index (χ1n) is 10.4. The zero-order valence-corrected chi connectivity index (χ0v) is 18.4. The molecule has 2 aromatic carbocycles. The molecular formula is C22H23N5O4S. The Labute approximate surface area is 185 Å². The van der Waals surface area contributed by atoms with E-state index in [1.54, 1.807) is 24.3 Å². The summed E-state index contributed by atoms with van der Waals surface area (Å²) in [5.74, 6) is -0.0253. The molecule has 4 rings (SSSR count). The highest BCUT2D eigenvalue weighted by Crippen LogP contribution is 2.18. The van der Waals surface area contributed by atoms with E-state index >= 15 is 0 Å². The van der Waals surface area contributed by atoms with Crippen molar-refractivity contribution in [2.24, 2.45) is 4.99 Å². The second kappa shape index (κ2) is 8.91. The number of fused-ring (bicyclic) bond motifs is 1. The molecule has 1 aromatic heterocycles. The molecule has 9 nitrogen and oxygen atoms in total. The molecule has 0 aliphatic carbocycles. The Kier molecular flexibility index (Phi) is 6.04. The van der Waals surface area contributed by atoms with Crippen LogP contribution in [0.5, 0.6) is 0 Å². The van der Waals surface area contributed by atoms with Gasteiger partial charge in [-0.15, -0.1) is 0 Å². The fourth-order valence-electron chi connectivity index (χ4n) is 3.51. The van der Waals surface area contributed by atoms with E-state index in [2.05, 4.69) is 20.1 Å². The number of anilines is 1. The van der Waals surface area contributed by atoms with E-state index in [9.17, 15) is 18.0 Å². The zero-order valence-electron chi connectivity index (χ0n) is 17.5. The average molecular weight is 454 g/mol. The van der Waals surface area contributed by atoms with E-state index in [1.165, 1.54) is 28.9 Å². The van der Waals surface area contributed by atoms with Crippen LogP contribution in [-0.4, -0.2) is 36.5 Å². The maximum absolute atomic E-state index is 13.0. The number of hydrogen-bond acceptors (Lipinski definition) is 6. The Morgan fingerprint density at radius 2 is 1.81 bits per heavy atom. The summed E-state index contributed by atoms with van der Waals surface area (Å²) < 4.78 is 28.8. The van der Waals surface area contributed by atoms with E-state index in [0.29, 0.717) is 48.2 Å². The predicted octanol–water partition coefficient (Wildman–Crippen LogP) is 2.53. The minimum absolute atomic E-state index is 0.0742. The lowest BCUT2D eigenvalue weighted by molar-refractivity contribution is 0.102. The fraction of sp³-hybridized carbons (Fsp3) is 0.273. The van der Waals surface area contributed by atoms with E-state index in [4.69, 9.17) is 0 Å². The van der Waals surface area contributed by atoms with Gasteiger partial charge in [-0.1, -0.05) is 25.1 Å². The summed E-state index contributed by atoms with van der Waals surface area (Å²) in [5.41, 5.74) is 0.297. The number of nitrogens with one attached hydrogen (secondary N) is 2. The van der Waals surface area contributed by atoms with Crippen molar-refractivity contribution in [2.45, 2.75) is 37.6 Å². The van der Waals surface area contributed by atoms with Gasteiger partial charge in [-0.25, -0.2) is 13.1 Å². The maximum Gasteiger partial charge on any atom is 0.276 e. The number of carbonyl (C=O) groups is 1. The summed E-state index contributed by atoms with van der Waals surface area (Å²) in [4.78, 5) is 29.8. The number of hydrogen-bond donors (Lipinski definition) is 2. The third-order valence-electron chi connectivity index (χ3n) is 5.07. The maximum atomic E-state index is 13.0. The van der Waals surface area contributed by atoms with E-state index in [-0.39, 0.29) is 16.1 Å². The molecule has 1 amide bonds. The Hall–Kier alpha value is -3.53. The SMILES string of the molecule is CCCn1nc(C(=O)Nc2ccc(S(=O)(=O)NC3=NCCC3)cc2)c2ccccc2c1=O. The molecule has 0 unspecified atom stereocenters. The van der Waals surface area contributed by atoms with Crippen LogP contribution in [0.4, 0.5) is 5.69 Å². The second-order valence-corrected chi connectivity index (χ2v) is 9.12. The summed E-state index contributed by atoms with van der Waals surface area (Å²) in [7, 11) is -3.73. The Morgan fingerprint density at radius 1 is 1.09 bits per heavy atom. The van der Waals surface area contributed by atoms with Crippen LogP contribution in [0.2, 0.25) is 0 Å². The highest BCUT2D eigenvalue weighted by atomic mass is 32.2. The van der Waals surface area contributed by atoms with Gasteiger partial charge in [0.1, 0.15) is 5.84 Å². The fourth-order valence-corrected chi connectivity index (χ4v) is 4.60. The van der Waals surface area contributed by atoms with Crippen LogP contribution in [0, 0.1) is 0 Å². The molecule has 0 fully saturated rings. The number of nitrogens with zero attached hydrogens (tertiary/aromatic N) is 3. The van der Waals surface area contributed by atoms with Crippen molar-refractivity contribution in [3.63, 3.8) is 0 Å². The number of aliphatic imine (C=N–C) groups is 1. The summed E-state index contributed by atoms with van der Waals surface area (Å²) in [5, 5.41) is 7.89. The lowest BCUT2D eigenvalue weighted by Gasteiger charge is -2.11. The van der Waals surface area contributed by atoms with Crippen molar-refractivity contribution in [1.29, 1.82) is 0 Å². The van der Waals surface area contributed by atoms with Crippen molar-refractivity contribution < 1.29 is 13.2 Å². The standard InChI is InChI=1S/C22H23N5O4S/c1-2-14-27-22(29)18-7-4-3-6-17(18)20(25-27)21(28)24-15-9-11-16(12-10-15)32(30,31)26-19-8-5-13-23-19/h3-4,6-7,9-12H,2,5,8,13-14H2,1H3,(H,23,26)(H,24,28). The molecule has 10 heteroatoms. The van der Waals surface area contributed by atoms with Gasteiger partial charge in [0, 0.05) is 30.6 Å². The molecule has 3 aromatic rings. The van der Waals surface area contributed by atoms with Gasteiger partial charge in [0.15, 0.2) is 5.69 Å². The molecule has 1 aliphatic heterocycles. The van der Waals surface area contributed by atoms with Gasteiger partial charge >= 0.3 is 0 Å². The van der Waals surface area contributed by atoms with Gasteiger partial charge in [-0.05, 0) is 43.2 Å². The number of benzene rings is 2. The van der Waals surface area contributed by atoms with Crippen LogP contribution in [0.25, 0.3) is 10.8 Å². The van der Waals surface area contributed by atoms with Crippen molar-refractivity contribution in [1.82, 2.24) is 14.5 Å². The molecular weight excluding hydrogens is 430 g/mol. The molecule has 2 heterocycles. The molecule has 0 atom stereocenters. The number of sulfonamides is 1. The minimum atomic E-state index is -3.73. The van der Waals surface area contributed by atoms with Crippen molar-refractivity contribution in [2.75, 3.05) is 11.9 Å². The number of amidine groups is 1. The molecule has 0 saturated carbocycles. The second-order valence-electron chi connectivity index (χ2n) is 7.44. The largest absolute Gasteiger partial charge is 0.321 e. The normalized spacial score (nSPS) is 13.7. The molecule has 0 bridgehead atoms. The number of aryl methyl sites for hydroxylation is 1. The summed E-state index contributed by atoms with van der Waals surface area (Å²) >= 11 is 0. The number of amides is 1. The van der Waals surface area contributed by atoms with Crippen LogP contribution < -0.4 is 15.6 Å². The molecule has 1 aliphatic rings. The summed E-state index contributed by atoms with van der Waals surface area (Å²) in [6.45, 7) is 2.94. The van der Waals surface area contributed by atoms with E-state index in [0.717, 1.165) is 6.42 Å². The minimum Gasteiger partial charge on any atom is -0.321 e. The highest BCUT2D eigenvalue weighted by molar-refractivity contribution is 7.90. The number of aromatic nitrogens is 2. The average Bonchev–Trinajstić information content (AvgIpc) is 3.28. The zero-order chi connectivity index (χ0) is 22.7. The first-order chi connectivity index (χ1) is 15.4. The quantitative estimate of drug-likeness (QED) is 0.594. The first-order valence-corrected chi connectivity index (χ1v) is 11.8.